The summed E-state index contributed by atoms with van der Waals surface area (Å²) in [6, 6.07) is 13.4. The van der Waals surface area contributed by atoms with Crippen molar-refractivity contribution in [3.05, 3.63) is 58.3 Å². The average Bonchev–Trinajstić information content (AvgIpc) is 3.24. The number of sulfone groups is 1. The fourth-order valence-electron chi connectivity index (χ4n) is 3.35. The lowest BCUT2D eigenvalue weighted by atomic mass is 10.0. The minimum atomic E-state index is -3.09. The number of amides is 1. The second kappa shape index (κ2) is 7.89. The zero-order valence-corrected chi connectivity index (χ0v) is 16.1. The van der Waals surface area contributed by atoms with Crippen LogP contribution in [-0.2, 0) is 21.1 Å². The number of carbonyl (C=O) groups is 1. The number of alkyl halides is 1. The van der Waals surface area contributed by atoms with Gasteiger partial charge in [-0.05, 0) is 29.9 Å². The zero-order valence-electron chi connectivity index (χ0n) is 13.7. The van der Waals surface area contributed by atoms with Crippen molar-refractivity contribution in [3.63, 3.8) is 0 Å². The third-order valence-corrected chi connectivity index (χ3v) is 7.44. The number of hydrogen-bond acceptors (Lipinski definition) is 4. The molecule has 0 bridgehead atoms. The largest absolute Gasteiger partial charge is 0.329 e. The minimum absolute atomic E-state index is 0.0201. The van der Waals surface area contributed by atoms with Crippen LogP contribution in [-0.4, -0.2) is 42.7 Å². The van der Waals surface area contributed by atoms with Crippen LogP contribution in [0.4, 0.5) is 0 Å². The molecule has 1 aliphatic rings. The molecule has 1 aliphatic heterocycles. The van der Waals surface area contributed by atoms with Gasteiger partial charge in [-0.3, -0.25) is 4.79 Å². The molecule has 2 unspecified atom stereocenters. The number of thiophene rings is 1. The van der Waals surface area contributed by atoms with E-state index in [0.29, 0.717) is 12.8 Å². The minimum Gasteiger partial charge on any atom is -0.329 e. The Morgan fingerprint density at radius 2 is 2.00 bits per heavy atom. The number of benzene rings is 1. The van der Waals surface area contributed by atoms with E-state index in [1.807, 2.05) is 47.8 Å². The SMILES string of the molecule is O=C(CCl)N(C1CCS(=O)(=O)C1)C(Cc1ccccc1)c1cccs1. The van der Waals surface area contributed by atoms with Gasteiger partial charge < -0.3 is 4.90 Å². The maximum Gasteiger partial charge on any atom is 0.238 e. The molecule has 1 fully saturated rings. The maximum atomic E-state index is 12.6. The fourth-order valence-corrected chi connectivity index (χ4v) is 6.02. The summed E-state index contributed by atoms with van der Waals surface area (Å²) in [7, 11) is -3.09. The Bertz CT molecular complexity index is 806. The molecule has 2 aromatic rings. The lowest BCUT2D eigenvalue weighted by Gasteiger charge is -2.35. The summed E-state index contributed by atoms with van der Waals surface area (Å²) in [6.45, 7) is 0. The Balaban J connectivity index is 1.96. The molecule has 0 N–H and O–H groups in total. The van der Waals surface area contributed by atoms with Crippen molar-refractivity contribution in [2.75, 3.05) is 17.4 Å². The van der Waals surface area contributed by atoms with Gasteiger partial charge in [0.25, 0.3) is 0 Å². The highest BCUT2D eigenvalue weighted by Crippen LogP contribution is 2.33. The van der Waals surface area contributed by atoms with Crippen LogP contribution in [0.5, 0.6) is 0 Å². The van der Waals surface area contributed by atoms with E-state index in [1.165, 1.54) is 0 Å². The normalized spacial score (nSPS) is 20.3. The molecule has 7 heteroatoms. The number of rotatable bonds is 6. The highest BCUT2D eigenvalue weighted by Gasteiger charge is 2.38. The highest BCUT2D eigenvalue weighted by atomic mass is 35.5. The molecule has 1 aromatic heterocycles. The maximum absolute atomic E-state index is 12.6. The molecule has 134 valence electrons. The molecule has 0 radical (unpaired) electrons. The lowest BCUT2D eigenvalue weighted by molar-refractivity contribution is -0.133. The van der Waals surface area contributed by atoms with Crippen molar-refractivity contribution in [1.82, 2.24) is 4.90 Å². The van der Waals surface area contributed by atoms with Crippen molar-refractivity contribution in [2.45, 2.75) is 24.9 Å². The van der Waals surface area contributed by atoms with Crippen LogP contribution in [0.3, 0.4) is 0 Å². The molecule has 25 heavy (non-hydrogen) atoms. The zero-order chi connectivity index (χ0) is 17.9. The third kappa shape index (κ3) is 4.43. The molecule has 2 atom stereocenters. The Hall–Kier alpha value is -1.37. The van der Waals surface area contributed by atoms with Crippen LogP contribution < -0.4 is 0 Å². The Labute approximate surface area is 157 Å². The molecule has 0 spiro atoms. The summed E-state index contributed by atoms with van der Waals surface area (Å²) in [5.41, 5.74) is 1.11. The lowest BCUT2D eigenvalue weighted by Crippen LogP contribution is -2.45. The second-order valence-electron chi connectivity index (χ2n) is 6.21. The van der Waals surface area contributed by atoms with Gasteiger partial charge >= 0.3 is 0 Å². The van der Waals surface area contributed by atoms with Crippen molar-refractivity contribution in [1.29, 1.82) is 0 Å². The topological polar surface area (TPSA) is 54.5 Å². The Morgan fingerprint density at radius 1 is 1.24 bits per heavy atom. The second-order valence-corrected chi connectivity index (χ2v) is 9.69. The van der Waals surface area contributed by atoms with E-state index < -0.39 is 9.84 Å². The molecule has 1 aromatic carbocycles. The predicted molar refractivity (Wildman–Crippen MR) is 102 cm³/mol. The van der Waals surface area contributed by atoms with Crippen LogP contribution in [0.15, 0.2) is 47.8 Å². The Kier molecular flexibility index (Phi) is 5.81. The highest BCUT2D eigenvalue weighted by molar-refractivity contribution is 7.91. The van der Waals surface area contributed by atoms with Gasteiger partial charge in [-0.15, -0.1) is 22.9 Å². The van der Waals surface area contributed by atoms with E-state index in [1.54, 1.807) is 16.2 Å². The van der Waals surface area contributed by atoms with Crippen LogP contribution in [0.1, 0.15) is 22.9 Å². The number of nitrogens with zero attached hydrogens (tertiary/aromatic N) is 1. The summed E-state index contributed by atoms with van der Waals surface area (Å²) in [5.74, 6) is -0.204. The predicted octanol–water partition coefficient (Wildman–Crippen LogP) is 3.29. The van der Waals surface area contributed by atoms with Gasteiger partial charge in [0, 0.05) is 10.9 Å². The summed E-state index contributed by atoms with van der Waals surface area (Å²) in [5, 5.41) is 1.97. The first-order chi connectivity index (χ1) is 12.0. The first-order valence-corrected chi connectivity index (χ1v) is 11.4. The Morgan fingerprint density at radius 3 is 2.56 bits per heavy atom. The van der Waals surface area contributed by atoms with Gasteiger partial charge in [0.05, 0.1) is 17.5 Å². The van der Waals surface area contributed by atoms with Crippen molar-refractivity contribution in [3.8, 4) is 0 Å². The molecule has 2 heterocycles. The van der Waals surface area contributed by atoms with Gasteiger partial charge in [-0.2, -0.15) is 0 Å². The van der Waals surface area contributed by atoms with Crippen LogP contribution in [0.2, 0.25) is 0 Å². The molecule has 0 saturated carbocycles. The summed E-state index contributed by atoms with van der Waals surface area (Å²) < 4.78 is 23.9. The summed E-state index contributed by atoms with van der Waals surface area (Å²) in [6.07, 6.45) is 1.11. The van der Waals surface area contributed by atoms with Gasteiger partial charge in [-0.1, -0.05) is 36.4 Å². The average molecular weight is 398 g/mol. The monoisotopic (exact) mass is 397 g/mol. The van der Waals surface area contributed by atoms with Crippen molar-refractivity contribution >= 4 is 38.7 Å². The number of hydrogen-bond donors (Lipinski definition) is 0. The standard InChI is InChI=1S/C18H20ClNO3S2/c19-12-18(21)20(15-8-10-25(22,23)13-15)16(17-7-4-9-24-17)11-14-5-2-1-3-6-14/h1-7,9,15-16H,8,10-13H2. The van der Waals surface area contributed by atoms with E-state index >= 15 is 0 Å². The molecule has 0 aliphatic carbocycles. The van der Waals surface area contributed by atoms with E-state index in [4.69, 9.17) is 11.6 Å². The van der Waals surface area contributed by atoms with Crippen LogP contribution >= 0.6 is 22.9 Å². The van der Waals surface area contributed by atoms with Crippen LogP contribution in [0, 0.1) is 0 Å². The fraction of sp³-hybridized carbons (Fsp3) is 0.389. The van der Waals surface area contributed by atoms with E-state index in [9.17, 15) is 13.2 Å². The molecular formula is C18H20ClNO3S2. The molecule has 4 nitrogen and oxygen atoms in total. The van der Waals surface area contributed by atoms with Gasteiger partial charge in [0.15, 0.2) is 9.84 Å². The first-order valence-electron chi connectivity index (χ1n) is 8.15. The third-order valence-electron chi connectivity index (χ3n) is 4.48. The molecule has 1 amide bonds. The molecule has 3 rings (SSSR count). The smallest absolute Gasteiger partial charge is 0.238 e. The van der Waals surface area contributed by atoms with E-state index in [0.717, 1.165) is 10.4 Å². The van der Waals surface area contributed by atoms with Gasteiger partial charge in [-0.25, -0.2) is 8.42 Å². The number of carbonyl (C=O) groups excluding carboxylic acids is 1. The van der Waals surface area contributed by atoms with E-state index in [2.05, 4.69) is 0 Å². The summed E-state index contributed by atoms with van der Waals surface area (Å²) >= 11 is 7.45. The van der Waals surface area contributed by atoms with Crippen molar-refractivity contribution in [2.24, 2.45) is 0 Å². The van der Waals surface area contributed by atoms with Crippen molar-refractivity contribution < 1.29 is 13.2 Å². The number of halogens is 1. The van der Waals surface area contributed by atoms with Crippen LogP contribution in [0.25, 0.3) is 0 Å². The summed E-state index contributed by atoms with van der Waals surface area (Å²) in [4.78, 5) is 15.4. The van der Waals surface area contributed by atoms with Gasteiger partial charge in [0.2, 0.25) is 5.91 Å². The van der Waals surface area contributed by atoms with E-state index in [-0.39, 0.29) is 35.4 Å². The molecular weight excluding hydrogens is 378 g/mol. The first kappa shape index (κ1) is 18.4. The van der Waals surface area contributed by atoms with Gasteiger partial charge in [0.1, 0.15) is 5.88 Å². The quantitative estimate of drug-likeness (QED) is 0.703. The molecule has 1 saturated heterocycles.